The number of pyridine rings is 1. The highest BCUT2D eigenvalue weighted by Crippen LogP contribution is 2.31. The van der Waals surface area contributed by atoms with Crippen molar-refractivity contribution in [3.63, 3.8) is 0 Å². The first kappa shape index (κ1) is 18.2. The van der Waals surface area contributed by atoms with Crippen LogP contribution in [-0.4, -0.2) is 44.7 Å². The highest BCUT2D eigenvalue weighted by atomic mass is 16.4. The minimum atomic E-state index is -1.13. The minimum absolute atomic E-state index is 0.202. The summed E-state index contributed by atoms with van der Waals surface area (Å²) in [5, 5.41) is 20.4. The van der Waals surface area contributed by atoms with Crippen LogP contribution in [0.3, 0.4) is 0 Å². The second-order valence-electron chi connectivity index (χ2n) is 7.01. The smallest absolute Gasteiger partial charge is 0.289 e. The number of likely N-dealkylation sites (tertiary alicyclic amines) is 1. The van der Waals surface area contributed by atoms with Gasteiger partial charge < -0.3 is 19.5 Å². The largest absolute Gasteiger partial charge is 0.443 e. The van der Waals surface area contributed by atoms with Crippen LogP contribution in [0.2, 0.25) is 0 Å². The fourth-order valence-electron chi connectivity index (χ4n) is 2.86. The van der Waals surface area contributed by atoms with Crippen molar-refractivity contribution in [2.24, 2.45) is 0 Å². The third-order valence-corrected chi connectivity index (χ3v) is 4.33. The van der Waals surface area contributed by atoms with Gasteiger partial charge in [0.2, 0.25) is 0 Å². The Morgan fingerprint density at radius 1 is 1.27 bits per heavy atom. The molecule has 6 heteroatoms. The molecule has 0 aliphatic carbocycles. The van der Waals surface area contributed by atoms with E-state index in [0.29, 0.717) is 37.4 Å². The van der Waals surface area contributed by atoms with Gasteiger partial charge in [-0.25, -0.2) is 0 Å². The molecule has 1 fully saturated rings. The third-order valence-electron chi connectivity index (χ3n) is 4.33. The van der Waals surface area contributed by atoms with Gasteiger partial charge in [-0.05, 0) is 56.9 Å². The number of amides is 1. The van der Waals surface area contributed by atoms with Crippen molar-refractivity contribution in [2.75, 3.05) is 13.1 Å². The predicted molar refractivity (Wildman–Crippen MR) is 95.2 cm³/mol. The van der Waals surface area contributed by atoms with Crippen LogP contribution in [0.1, 0.15) is 48.7 Å². The van der Waals surface area contributed by atoms with Gasteiger partial charge in [0.05, 0.1) is 5.69 Å². The second-order valence-corrected chi connectivity index (χ2v) is 7.01. The molecule has 0 radical (unpaired) electrons. The van der Waals surface area contributed by atoms with Gasteiger partial charge in [-0.15, -0.1) is 0 Å². The number of furan rings is 1. The van der Waals surface area contributed by atoms with E-state index < -0.39 is 11.2 Å². The van der Waals surface area contributed by atoms with E-state index in [2.05, 4.69) is 16.8 Å². The van der Waals surface area contributed by atoms with Crippen molar-refractivity contribution < 1.29 is 19.4 Å². The summed E-state index contributed by atoms with van der Waals surface area (Å²) in [4.78, 5) is 18.5. The Hall–Kier alpha value is -2.62. The van der Waals surface area contributed by atoms with Gasteiger partial charge in [0.15, 0.2) is 11.5 Å². The second kappa shape index (κ2) is 6.94. The molecule has 0 aromatic carbocycles. The van der Waals surface area contributed by atoms with E-state index in [9.17, 15) is 15.0 Å². The van der Waals surface area contributed by atoms with Crippen LogP contribution < -0.4 is 0 Å². The van der Waals surface area contributed by atoms with Crippen LogP contribution >= 0.6 is 0 Å². The maximum atomic E-state index is 12.6. The van der Waals surface area contributed by atoms with Gasteiger partial charge >= 0.3 is 0 Å². The summed E-state index contributed by atoms with van der Waals surface area (Å²) in [5.74, 6) is 5.66. The highest BCUT2D eigenvalue weighted by molar-refractivity contribution is 5.91. The highest BCUT2D eigenvalue weighted by Gasteiger charge is 2.37. The first-order chi connectivity index (χ1) is 12.3. The van der Waals surface area contributed by atoms with Crippen LogP contribution in [0.4, 0.5) is 0 Å². The Kier molecular flexibility index (Phi) is 4.86. The average molecular weight is 354 g/mol. The Labute approximate surface area is 152 Å². The molecule has 0 bridgehead atoms. The van der Waals surface area contributed by atoms with E-state index in [0.717, 1.165) is 0 Å². The van der Waals surface area contributed by atoms with Crippen molar-refractivity contribution in [3.05, 3.63) is 53.7 Å². The molecule has 0 saturated carbocycles. The number of nitrogens with zero attached hydrogens (tertiary/aromatic N) is 2. The number of carbonyl (C=O) groups excluding carboxylic acids is 1. The van der Waals surface area contributed by atoms with Crippen molar-refractivity contribution >= 4 is 5.91 Å². The standard InChI is InChI=1S/C20H22N2O4/c1-19(2,24)9-8-15-6-7-16(26-15)18(23)22-13-10-20(25,11-14-22)17-5-3-4-12-21-17/h3-7,12,24-25H,10-11,13-14H2,1-2H3. The Bertz CT molecular complexity index is 832. The summed E-state index contributed by atoms with van der Waals surface area (Å²) in [5.41, 5.74) is -1.50. The number of piperidine rings is 1. The Morgan fingerprint density at radius 3 is 2.62 bits per heavy atom. The summed E-state index contributed by atoms with van der Waals surface area (Å²) in [6.07, 6.45) is 2.49. The number of hydrogen-bond acceptors (Lipinski definition) is 5. The lowest BCUT2D eigenvalue weighted by atomic mass is 9.87. The number of carbonyl (C=O) groups is 1. The van der Waals surface area contributed by atoms with Gasteiger partial charge in [0, 0.05) is 19.3 Å². The SMILES string of the molecule is CC(C)(O)C#Cc1ccc(C(=O)N2CCC(O)(c3ccccn3)CC2)o1. The van der Waals surface area contributed by atoms with Gasteiger partial charge in [-0.3, -0.25) is 9.78 Å². The van der Waals surface area contributed by atoms with Crippen LogP contribution in [-0.2, 0) is 5.60 Å². The quantitative estimate of drug-likeness (QED) is 0.805. The molecule has 136 valence electrons. The van der Waals surface area contributed by atoms with Crippen LogP contribution in [0.15, 0.2) is 40.9 Å². The molecule has 0 unspecified atom stereocenters. The molecular weight excluding hydrogens is 332 g/mol. The van der Waals surface area contributed by atoms with Crippen LogP contribution in [0.5, 0.6) is 0 Å². The maximum absolute atomic E-state index is 12.6. The Balaban J connectivity index is 1.66. The fraction of sp³-hybridized carbons (Fsp3) is 0.400. The predicted octanol–water partition coefficient (Wildman–Crippen LogP) is 1.92. The van der Waals surface area contributed by atoms with Gasteiger partial charge in [-0.2, -0.15) is 0 Å². The fourth-order valence-corrected chi connectivity index (χ4v) is 2.86. The molecule has 1 amide bonds. The molecule has 1 aliphatic heterocycles. The van der Waals surface area contributed by atoms with E-state index in [4.69, 9.17) is 4.42 Å². The summed E-state index contributed by atoms with van der Waals surface area (Å²) < 4.78 is 5.48. The van der Waals surface area contributed by atoms with E-state index >= 15 is 0 Å². The topological polar surface area (TPSA) is 86.8 Å². The lowest BCUT2D eigenvalue weighted by Crippen LogP contribution is -2.45. The van der Waals surface area contributed by atoms with E-state index in [1.54, 1.807) is 49.2 Å². The zero-order valence-corrected chi connectivity index (χ0v) is 14.9. The summed E-state index contributed by atoms with van der Waals surface area (Å²) in [7, 11) is 0. The van der Waals surface area contributed by atoms with E-state index in [1.165, 1.54) is 0 Å². The van der Waals surface area contributed by atoms with Crippen LogP contribution in [0, 0.1) is 11.8 Å². The number of hydrogen-bond donors (Lipinski definition) is 2. The molecule has 0 spiro atoms. The van der Waals surface area contributed by atoms with Gasteiger partial charge in [-0.1, -0.05) is 12.0 Å². The van der Waals surface area contributed by atoms with Crippen molar-refractivity contribution in [2.45, 2.75) is 37.9 Å². The molecule has 6 nitrogen and oxygen atoms in total. The van der Waals surface area contributed by atoms with Crippen LogP contribution in [0.25, 0.3) is 0 Å². The molecule has 26 heavy (non-hydrogen) atoms. The minimum Gasteiger partial charge on any atom is -0.443 e. The van der Waals surface area contributed by atoms with Crippen molar-refractivity contribution in [3.8, 4) is 11.8 Å². The van der Waals surface area contributed by atoms with E-state index in [-0.39, 0.29) is 11.7 Å². The van der Waals surface area contributed by atoms with E-state index in [1.807, 2.05) is 6.07 Å². The zero-order valence-electron chi connectivity index (χ0n) is 14.9. The molecule has 3 rings (SSSR count). The van der Waals surface area contributed by atoms with Crippen molar-refractivity contribution in [1.29, 1.82) is 0 Å². The normalized spacial score (nSPS) is 16.7. The molecular formula is C20H22N2O4. The van der Waals surface area contributed by atoms with Crippen molar-refractivity contribution in [1.82, 2.24) is 9.88 Å². The lowest BCUT2D eigenvalue weighted by Gasteiger charge is -2.37. The molecule has 1 aliphatic rings. The molecule has 1 saturated heterocycles. The summed E-state index contributed by atoms with van der Waals surface area (Å²) in [6, 6.07) is 8.64. The average Bonchev–Trinajstić information content (AvgIpc) is 3.09. The molecule has 2 aromatic rings. The maximum Gasteiger partial charge on any atom is 0.289 e. The number of rotatable bonds is 2. The zero-order chi connectivity index (χ0) is 18.8. The van der Waals surface area contributed by atoms with Gasteiger partial charge in [0.1, 0.15) is 11.2 Å². The first-order valence-corrected chi connectivity index (χ1v) is 8.55. The number of aromatic nitrogens is 1. The molecule has 2 aromatic heterocycles. The Morgan fingerprint density at radius 2 is 2.00 bits per heavy atom. The molecule has 2 N–H and O–H groups in total. The lowest BCUT2D eigenvalue weighted by molar-refractivity contribution is -0.0250. The summed E-state index contributed by atoms with van der Waals surface area (Å²) in [6.45, 7) is 3.98. The third kappa shape index (κ3) is 4.13. The molecule has 3 heterocycles. The van der Waals surface area contributed by atoms with Gasteiger partial charge in [0.25, 0.3) is 5.91 Å². The molecule has 0 atom stereocenters. The number of aliphatic hydroxyl groups is 2. The monoisotopic (exact) mass is 354 g/mol. The summed E-state index contributed by atoms with van der Waals surface area (Å²) >= 11 is 0. The first-order valence-electron chi connectivity index (χ1n) is 8.55.